The number of nitrogens with one attached hydrogen (secondary N) is 2. The molecule has 4 rings (SSSR count). The molecular formula is C21H26N8O2S. The lowest BCUT2D eigenvalue weighted by atomic mass is 10.1. The van der Waals surface area contributed by atoms with Crippen molar-refractivity contribution in [2.24, 2.45) is 7.05 Å². The van der Waals surface area contributed by atoms with Gasteiger partial charge in [-0.25, -0.2) is 22.7 Å². The van der Waals surface area contributed by atoms with Crippen molar-refractivity contribution in [2.75, 3.05) is 42.7 Å². The first kappa shape index (κ1) is 21.9. The number of hydrogen-bond acceptors (Lipinski definition) is 8. The lowest BCUT2D eigenvalue weighted by Gasteiger charge is -2.22. The van der Waals surface area contributed by atoms with E-state index in [0.717, 1.165) is 34.6 Å². The average Bonchev–Trinajstić information content (AvgIpc) is 3.04. The number of benzene rings is 1. The van der Waals surface area contributed by atoms with Gasteiger partial charge in [0, 0.05) is 68.5 Å². The Balaban J connectivity index is 1.56. The van der Waals surface area contributed by atoms with Crippen molar-refractivity contribution in [3.05, 3.63) is 48.5 Å². The van der Waals surface area contributed by atoms with Crippen LogP contribution in [0.5, 0.6) is 0 Å². The molecule has 1 aliphatic heterocycles. The molecule has 1 aliphatic rings. The number of nitrogens with zero attached hydrogens (tertiary/aromatic N) is 6. The van der Waals surface area contributed by atoms with Crippen LogP contribution in [0.25, 0.3) is 11.1 Å². The molecule has 1 saturated heterocycles. The van der Waals surface area contributed by atoms with Crippen molar-refractivity contribution in [1.82, 2.24) is 24.1 Å². The Hall–Kier alpha value is -3.31. The molecule has 0 radical (unpaired) electrons. The van der Waals surface area contributed by atoms with Gasteiger partial charge in [0.1, 0.15) is 18.0 Å². The van der Waals surface area contributed by atoms with Gasteiger partial charge in [0.05, 0.1) is 12.5 Å². The smallest absolute Gasteiger partial charge is 0.211 e. The van der Waals surface area contributed by atoms with Crippen LogP contribution < -0.4 is 10.2 Å². The van der Waals surface area contributed by atoms with E-state index in [-0.39, 0.29) is 0 Å². The van der Waals surface area contributed by atoms with Crippen LogP contribution in [0, 0.1) is 5.41 Å². The first-order chi connectivity index (χ1) is 15.3. The van der Waals surface area contributed by atoms with Gasteiger partial charge in [0.15, 0.2) is 0 Å². The SMILES string of the molecule is Cn1cc(-c2ccc(C=N)c(Nc3cc(N4CCCN(S(C)(=O)=O)CC4)ncn3)c2)cn1. The molecule has 0 unspecified atom stereocenters. The molecule has 0 spiro atoms. The molecule has 32 heavy (non-hydrogen) atoms. The highest BCUT2D eigenvalue weighted by atomic mass is 32.2. The van der Waals surface area contributed by atoms with Crippen molar-refractivity contribution >= 4 is 33.6 Å². The summed E-state index contributed by atoms with van der Waals surface area (Å²) >= 11 is 0. The zero-order valence-electron chi connectivity index (χ0n) is 18.1. The van der Waals surface area contributed by atoms with Crippen LogP contribution in [0.15, 0.2) is 43.0 Å². The molecule has 2 N–H and O–H groups in total. The van der Waals surface area contributed by atoms with Gasteiger partial charge in [-0.3, -0.25) is 4.68 Å². The number of anilines is 3. The second-order valence-electron chi connectivity index (χ2n) is 7.74. The third-order valence-corrected chi connectivity index (χ3v) is 6.71. The summed E-state index contributed by atoms with van der Waals surface area (Å²) < 4.78 is 27.0. The number of aryl methyl sites for hydroxylation is 1. The minimum atomic E-state index is -3.20. The third-order valence-electron chi connectivity index (χ3n) is 5.41. The second-order valence-corrected chi connectivity index (χ2v) is 9.72. The quantitative estimate of drug-likeness (QED) is 0.547. The molecular weight excluding hydrogens is 428 g/mol. The summed E-state index contributed by atoms with van der Waals surface area (Å²) in [5.74, 6) is 1.34. The van der Waals surface area contributed by atoms with Crippen LogP contribution in [0.4, 0.5) is 17.3 Å². The van der Waals surface area contributed by atoms with Crippen LogP contribution in [0.2, 0.25) is 0 Å². The molecule has 1 fully saturated rings. The fraction of sp³-hybridized carbons (Fsp3) is 0.333. The van der Waals surface area contributed by atoms with E-state index < -0.39 is 10.0 Å². The molecule has 3 heterocycles. The zero-order chi connectivity index (χ0) is 22.7. The van der Waals surface area contributed by atoms with E-state index in [4.69, 9.17) is 5.41 Å². The van der Waals surface area contributed by atoms with Crippen molar-refractivity contribution in [1.29, 1.82) is 5.41 Å². The Morgan fingerprint density at radius 3 is 2.66 bits per heavy atom. The van der Waals surface area contributed by atoms with Gasteiger partial charge >= 0.3 is 0 Å². The summed E-state index contributed by atoms with van der Waals surface area (Å²) in [6.45, 7) is 2.21. The van der Waals surface area contributed by atoms with Crippen LogP contribution in [0.1, 0.15) is 12.0 Å². The largest absolute Gasteiger partial charge is 0.355 e. The van der Waals surface area contributed by atoms with Gasteiger partial charge in [-0.2, -0.15) is 5.10 Å². The molecule has 0 aliphatic carbocycles. The highest BCUT2D eigenvalue weighted by molar-refractivity contribution is 7.88. The maximum Gasteiger partial charge on any atom is 0.211 e. The van der Waals surface area contributed by atoms with Crippen molar-refractivity contribution in [2.45, 2.75) is 6.42 Å². The lowest BCUT2D eigenvalue weighted by molar-refractivity contribution is 0.437. The molecule has 3 aromatic rings. The number of rotatable bonds is 6. The normalized spacial score (nSPS) is 15.4. The Morgan fingerprint density at radius 1 is 1.09 bits per heavy atom. The predicted octanol–water partition coefficient (Wildman–Crippen LogP) is 2.09. The standard InChI is InChI=1S/C21H26N8O2S/c1-27-14-18(13-25-27)16-4-5-17(12-22)19(10-16)26-20-11-21(24-15-23-20)28-6-3-7-29(9-8-28)32(2,30)31/h4-5,10-15,22H,3,6-9H2,1-2H3,(H,23,24,26). The van der Waals surface area contributed by atoms with Gasteiger partial charge in [-0.15, -0.1) is 0 Å². The van der Waals surface area contributed by atoms with Gasteiger partial charge in [-0.1, -0.05) is 12.1 Å². The fourth-order valence-electron chi connectivity index (χ4n) is 3.72. The van der Waals surface area contributed by atoms with Crippen LogP contribution >= 0.6 is 0 Å². The maximum atomic E-state index is 11.9. The van der Waals surface area contributed by atoms with Gasteiger partial charge in [-0.05, 0) is 18.1 Å². The highest BCUT2D eigenvalue weighted by Gasteiger charge is 2.22. The average molecular weight is 455 g/mol. The molecule has 2 aromatic heterocycles. The molecule has 11 heteroatoms. The Kier molecular flexibility index (Phi) is 6.19. The van der Waals surface area contributed by atoms with E-state index in [0.29, 0.717) is 32.0 Å². The number of sulfonamides is 1. The molecule has 0 atom stereocenters. The molecule has 0 amide bonds. The third kappa shape index (κ3) is 4.94. The number of aromatic nitrogens is 4. The van der Waals surface area contributed by atoms with E-state index in [2.05, 4.69) is 25.3 Å². The van der Waals surface area contributed by atoms with Crippen molar-refractivity contribution in [3.8, 4) is 11.1 Å². The summed E-state index contributed by atoms with van der Waals surface area (Å²) in [6, 6.07) is 7.66. The van der Waals surface area contributed by atoms with Gasteiger partial charge in [0.25, 0.3) is 0 Å². The molecule has 168 valence electrons. The van der Waals surface area contributed by atoms with Crippen molar-refractivity contribution in [3.63, 3.8) is 0 Å². The summed E-state index contributed by atoms with van der Waals surface area (Å²) in [7, 11) is -1.33. The van der Waals surface area contributed by atoms with E-state index in [1.54, 1.807) is 10.9 Å². The Morgan fingerprint density at radius 2 is 1.94 bits per heavy atom. The first-order valence-electron chi connectivity index (χ1n) is 10.3. The lowest BCUT2D eigenvalue weighted by Crippen LogP contribution is -2.34. The summed E-state index contributed by atoms with van der Waals surface area (Å²) in [5.41, 5.74) is 3.45. The molecule has 1 aromatic carbocycles. The molecule has 10 nitrogen and oxygen atoms in total. The van der Waals surface area contributed by atoms with Crippen LogP contribution in [-0.4, -0.2) is 71.1 Å². The number of hydrogen-bond donors (Lipinski definition) is 2. The van der Waals surface area contributed by atoms with E-state index in [1.807, 2.05) is 37.5 Å². The molecule has 0 saturated carbocycles. The second kappa shape index (κ2) is 9.05. The van der Waals surface area contributed by atoms with Crippen LogP contribution in [0.3, 0.4) is 0 Å². The topological polar surface area (TPSA) is 120 Å². The predicted molar refractivity (Wildman–Crippen MR) is 125 cm³/mol. The highest BCUT2D eigenvalue weighted by Crippen LogP contribution is 2.27. The minimum Gasteiger partial charge on any atom is -0.355 e. The Bertz CT molecular complexity index is 1220. The van der Waals surface area contributed by atoms with Crippen LogP contribution in [-0.2, 0) is 17.1 Å². The minimum absolute atomic E-state index is 0.427. The summed E-state index contributed by atoms with van der Waals surface area (Å²) in [6.07, 6.45) is 8.50. The molecule has 0 bridgehead atoms. The maximum absolute atomic E-state index is 11.9. The first-order valence-corrected chi connectivity index (χ1v) is 12.1. The van der Waals surface area contributed by atoms with E-state index >= 15 is 0 Å². The van der Waals surface area contributed by atoms with E-state index in [9.17, 15) is 8.42 Å². The zero-order valence-corrected chi connectivity index (χ0v) is 18.9. The summed E-state index contributed by atoms with van der Waals surface area (Å²) in [5, 5.41) is 15.3. The van der Waals surface area contributed by atoms with Gasteiger partial charge < -0.3 is 15.6 Å². The fourth-order valence-corrected chi connectivity index (χ4v) is 4.60. The van der Waals surface area contributed by atoms with Crippen molar-refractivity contribution < 1.29 is 8.42 Å². The van der Waals surface area contributed by atoms with Gasteiger partial charge in [0.2, 0.25) is 10.0 Å². The monoisotopic (exact) mass is 454 g/mol. The van der Waals surface area contributed by atoms with E-state index in [1.165, 1.54) is 23.1 Å². The Labute approximate surface area is 187 Å². The summed E-state index contributed by atoms with van der Waals surface area (Å²) in [4.78, 5) is 10.8.